The molecule has 1 atom stereocenters. The van der Waals surface area contributed by atoms with Crippen LogP contribution in [0.4, 0.5) is 8.78 Å². The van der Waals surface area contributed by atoms with Gasteiger partial charge in [0.2, 0.25) is 0 Å². The molecule has 1 heterocycles. The summed E-state index contributed by atoms with van der Waals surface area (Å²) in [6, 6.07) is 4.41. The molecule has 1 unspecified atom stereocenters. The smallest absolute Gasteiger partial charge is 0.130 e. The Bertz CT molecular complexity index is 442. The number of piperidine rings is 1. The number of likely N-dealkylation sites (tertiary alicyclic amines) is 1. The maximum Gasteiger partial charge on any atom is 0.130 e. The van der Waals surface area contributed by atoms with Crippen LogP contribution in [0.5, 0.6) is 0 Å². The lowest BCUT2D eigenvalue weighted by Gasteiger charge is -2.35. The van der Waals surface area contributed by atoms with E-state index in [-0.39, 0.29) is 0 Å². The molecule has 0 aliphatic carbocycles. The van der Waals surface area contributed by atoms with Gasteiger partial charge >= 0.3 is 0 Å². The molecule has 0 spiro atoms. The zero-order chi connectivity index (χ0) is 15.2. The van der Waals surface area contributed by atoms with E-state index in [4.69, 9.17) is 0 Å². The van der Waals surface area contributed by atoms with E-state index in [1.165, 1.54) is 6.07 Å². The van der Waals surface area contributed by atoms with E-state index in [9.17, 15) is 8.78 Å². The molecule has 1 saturated heterocycles. The maximum absolute atomic E-state index is 13.7. The van der Waals surface area contributed by atoms with Crippen LogP contribution >= 0.6 is 0 Å². The zero-order valence-electron chi connectivity index (χ0n) is 13.0. The Morgan fingerprint density at radius 1 is 1.29 bits per heavy atom. The molecule has 1 aliphatic heterocycles. The van der Waals surface area contributed by atoms with Gasteiger partial charge in [0.1, 0.15) is 11.6 Å². The molecular formula is C17H26F2N2. The summed E-state index contributed by atoms with van der Waals surface area (Å²) in [7, 11) is 0. The second kappa shape index (κ2) is 7.85. The molecule has 21 heavy (non-hydrogen) atoms. The fraction of sp³-hybridized carbons (Fsp3) is 0.647. The molecule has 0 radical (unpaired) electrons. The second-order valence-electron chi connectivity index (χ2n) is 6.09. The van der Waals surface area contributed by atoms with Crippen molar-refractivity contribution < 1.29 is 8.78 Å². The van der Waals surface area contributed by atoms with Gasteiger partial charge in [-0.3, -0.25) is 4.90 Å². The summed E-state index contributed by atoms with van der Waals surface area (Å²) < 4.78 is 26.6. The summed E-state index contributed by atoms with van der Waals surface area (Å²) in [6.07, 6.45) is 3.44. The normalized spacial score (nSPS) is 18.9. The Morgan fingerprint density at radius 3 is 2.62 bits per heavy atom. The first-order chi connectivity index (χ1) is 10.1. The molecule has 0 bridgehead atoms. The van der Waals surface area contributed by atoms with Crippen molar-refractivity contribution in [1.29, 1.82) is 0 Å². The Labute approximate surface area is 126 Å². The van der Waals surface area contributed by atoms with Crippen molar-refractivity contribution in [3.05, 3.63) is 35.4 Å². The van der Waals surface area contributed by atoms with Gasteiger partial charge in [0.15, 0.2) is 0 Å². The van der Waals surface area contributed by atoms with Crippen LogP contribution in [0.25, 0.3) is 0 Å². The molecule has 0 amide bonds. The van der Waals surface area contributed by atoms with Gasteiger partial charge in [-0.2, -0.15) is 0 Å². The van der Waals surface area contributed by atoms with E-state index in [2.05, 4.69) is 24.1 Å². The molecule has 118 valence electrons. The van der Waals surface area contributed by atoms with E-state index in [0.29, 0.717) is 24.1 Å². The lowest BCUT2D eigenvalue weighted by molar-refractivity contribution is 0.155. The monoisotopic (exact) mass is 296 g/mol. The minimum Gasteiger partial charge on any atom is -0.314 e. The summed E-state index contributed by atoms with van der Waals surface area (Å²) in [5.74, 6) is -0.244. The molecule has 1 fully saturated rings. The van der Waals surface area contributed by atoms with E-state index < -0.39 is 11.6 Å². The minimum absolute atomic E-state index is 0.435. The van der Waals surface area contributed by atoms with Crippen LogP contribution in [0, 0.1) is 17.6 Å². The molecule has 0 aromatic heterocycles. The third-order valence-electron chi connectivity index (χ3n) is 4.46. The van der Waals surface area contributed by atoms with Crippen LogP contribution in [-0.4, -0.2) is 30.6 Å². The summed E-state index contributed by atoms with van der Waals surface area (Å²) in [5, 5.41) is 3.56. The Balaban J connectivity index is 1.81. The zero-order valence-corrected chi connectivity index (χ0v) is 13.0. The van der Waals surface area contributed by atoms with E-state index in [1.54, 1.807) is 6.07 Å². The van der Waals surface area contributed by atoms with Crippen LogP contribution < -0.4 is 5.32 Å². The number of nitrogens with zero attached hydrogens (tertiary/aromatic N) is 1. The summed E-state index contributed by atoms with van der Waals surface area (Å²) in [4.78, 5) is 2.26. The number of hydrogen-bond donors (Lipinski definition) is 1. The molecule has 1 aliphatic rings. The lowest BCUT2D eigenvalue weighted by Crippen LogP contribution is -2.42. The van der Waals surface area contributed by atoms with Crippen molar-refractivity contribution in [2.24, 2.45) is 5.92 Å². The van der Waals surface area contributed by atoms with Crippen LogP contribution in [-0.2, 0) is 6.54 Å². The van der Waals surface area contributed by atoms with E-state index in [1.807, 2.05) is 0 Å². The fourth-order valence-corrected chi connectivity index (χ4v) is 3.04. The number of halogens is 2. The lowest BCUT2D eigenvalue weighted by atomic mass is 9.90. The molecule has 1 aromatic rings. The van der Waals surface area contributed by atoms with Gasteiger partial charge in [-0.05, 0) is 57.8 Å². The quantitative estimate of drug-likeness (QED) is 0.863. The number of nitrogens with one attached hydrogen (secondary N) is 1. The van der Waals surface area contributed by atoms with Gasteiger partial charge in [0.05, 0.1) is 0 Å². The van der Waals surface area contributed by atoms with Gasteiger partial charge in [-0.15, -0.1) is 0 Å². The topological polar surface area (TPSA) is 15.3 Å². The largest absolute Gasteiger partial charge is 0.314 e. The van der Waals surface area contributed by atoms with Gasteiger partial charge in [-0.25, -0.2) is 8.78 Å². The highest BCUT2D eigenvalue weighted by Crippen LogP contribution is 2.22. The molecule has 2 nitrogen and oxygen atoms in total. The summed E-state index contributed by atoms with van der Waals surface area (Å²) >= 11 is 0. The highest BCUT2D eigenvalue weighted by molar-refractivity contribution is 5.18. The molecule has 2 rings (SSSR count). The highest BCUT2D eigenvalue weighted by atomic mass is 19.1. The van der Waals surface area contributed by atoms with Gasteiger partial charge < -0.3 is 5.32 Å². The summed E-state index contributed by atoms with van der Waals surface area (Å²) in [6.45, 7) is 8.06. The minimum atomic E-state index is -0.509. The van der Waals surface area contributed by atoms with Crippen molar-refractivity contribution in [2.75, 3.05) is 19.6 Å². The Morgan fingerprint density at radius 2 is 2.00 bits per heavy atom. The van der Waals surface area contributed by atoms with E-state index >= 15 is 0 Å². The van der Waals surface area contributed by atoms with Crippen molar-refractivity contribution in [3.63, 3.8) is 0 Å². The van der Waals surface area contributed by atoms with Gasteiger partial charge in [-0.1, -0.05) is 13.0 Å². The Kier molecular flexibility index (Phi) is 6.12. The SMILES string of the molecule is CCCNC(C)C1CCN(Cc2ccc(F)cc2F)CC1. The predicted octanol–water partition coefficient (Wildman–Crippen LogP) is 3.56. The van der Waals surface area contributed by atoms with Crippen LogP contribution in [0.15, 0.2) is 18.2 Å². The Hall–Kier alpha value is -1.00. The highest BCUT2D eigenvalue weighted by Gasteiger charge is 2.23. The van der Waals surface area contributed by atoms with Crippen molar-refractivity contribution in [1.82, 2.24) is 10.2 Å². The van der Waals surface area contributed by atoms with Gasteiger partial charge in [0, 0.05) is 24.2 Å². The standard InChI is InChI=1S/C17H26F2N2/c1-3-8-20-13(2)14-6-9-21(10-7-14)12-15-4-5-16(18)11-17(15)19/h4-5,11,13-14,20H,3,6-10,12H2,1-2H3. The van der Waals surface area contributed by atoms with Crippen LogP contribution in [0.2, 0.25) is 0 Å². The third kappa shape index (κ3) is 4.75. The fourth-order valence-electron chi connectivity index (χ4n) is 3.04. The first-order valence-electron chi connectivity index (χ1n) is 7.99. The average molecular weight is 296 g/mol. The van der Waals surface area contributed by atoms with Crippen LogP contribution in [0.3, 0.4) is 0 Å². The van der Waals surface area contributed by atoms with Crippen molar-refractivity contribution in [3.8, 4) is 0 Å². The van der Waals surface area contributed by atoms with E-state index in [0.717, 1.165) is 45.0 Å². The predicted molar refractivity (Wildman–Crippen MR) is 82.1 cm³/mol. The molecule has 1 aromatic carbocycles. The number of rotatable bonds is 6. The second-order valence-corrected chi connectivity index (χ2v) is 6.09. The molecule has 1 N–H and O–H groups in total. The van der Waals surface area contributed by atoms with Crippen molar-refractivity contribution in [2.45, 2.75) is 45.7 Å². The molecular weight excluding hydrogens is 270 g/mol. The van der Waals surface area contributed by atoms with Crippen molar-refractivity contribution >= 4 is 0 Å². The molecule has 0 saturated carbocycles. The van der Waals surface area contributed by atoms with Gasteiger partial charge in [0.25, 0.3) is 0 Å². The third-order valence-corrected chi connectivity index (χ3v) is 4.46. The number of hydrogen-bond acceptors (Lipinski definition) is 2. The maximum atomic E-state index is 13.7. The number of benzene rings is 1. The first kappa shape index (κ1) is 16.4. The first-order valence-corrected chi connectivity index (χ1v) is 7.99. The summed E-state index contributed by atoms with van der Waals surface area (Å²) in [5.41, 5.74) is 0.590. The van der Waals surface area contributed by atoms with Crippen LogP contribution in [0.1, 0.15) is 38.7 Å². The average Bonchev–Trinajstić information content (AvgIpc) is 2.48. The molecule has 4 heteroatoms.